The van der Waals surface area contributed by atoms with Crippen molar-refractivity contribution in [1.29, 1.82) is 0 Å². The number of likely N-dealkylation sites (tertiary alicyclic amines) is 1. The number of hydrogen-bond acceptors (Lipinski definition) is 2. The first kappa shape index (κ1) is 8.72. The maximum atomic E-state index is 11.1. The van der Waals surface area contributed by atoms with Crippen LogP contribution in [-0.2, 0) is 4.79 Å². The maximum absolute atomic E-state index is 11.1. The van der Waals surface area contributed by atoms with Gasteiger partial charge in [-0.25, -0.2) is 0 Å². The topological polar surface area (TPSA) is 20.3 Å². The van der Waals surface area contributed by atoms with Gasteiger partial charge in [0.25, 0.3) is 0 Å². The van der Waals surface area contributed by atoms with Crippen molar-refractivity contribution >= 4 is 5.78 Å². The molecule has 11 heavy (non-hydrogen) atoms. The van der Waals surface area contributed by atoms with Crippen molar-refractivity contribution in [1.82, 2.24) is 4.90 Å². The van der Waals surface area contributed by atoms with Gasteiger partial charge in [-0.1, -0.05) is 6.92 Å². The van der Waals surface area contributed by atoms with Crippen LogP contribution < -0.4 is 0 Å². The fraction of sp³-hybridized carbons (Fsp3) is 0.889. The van der Waals surface area contributed by atoms with Crippen LogP contribution in [-0.4, -0.2) is 29.8 Å². The number of rotatable bonds is 3. The molecule has 0 unspecified atom stereocenters. The molecule has 1 fully saturated rings. The Morgan fingerprint density at radius 3 is 2.36 bits per heavy atom. The van der Waals surface area contributed by atoms with Crippen LogP contribution in [0.1, 0.15) is 33.1 Å². The summed E-state index contributed by atoms with van der Waals surface area (Å²) >= 11 is 0. The lowest BCUT2D eigenvalue weighted by molar-refractivity contribution is -0.121. The summed E-state index contributed by atoms with van der Waals surface area (Å²) in [6.45, 7) is 6.03. The second kappa shape index (κ2) is 3.86. The van der Waals surface area contributed by atoms with Crippen molar-refractivity contribution in [3.05, 3.63) is 0 Å². The van der Waals surface area contributed by atoms with Crippen LogP contribution in [0, 0.1) is 0 Å². The molecule has 0 aromatic carbocycles. The van der Waals surface area contributed by atoms with Gasteiger partial charge >= 0.3 is 0 Å². The van der Waals surface area contributed by atoms with E-state index in [9.17, 15) is 4.79 Å². The monoisotopic (exact) mass is 155 g/mol. The van der Waals surface area contributed by atoms with Crippen LogP contribution in [0.5, 0.6) is 0 Å². The van der Waals surface area contributed by atoms with Crippen molar-refractivity contribution in [2.24, 2.45) is 0 Å². The average molecular weight is 155 g/mol. The van der Waals surface area contributed by atoms with E-state index in [-0.39, 0.29) is 6.04 Å². The SMILES string of the molecule is CC[C@@H](C(C)=O)N1CCCC1. The standard InChI is InChI=1S/C9H17NO/c1-3-9(8(2)11)10-6-4-5-7-10/h9H,3-7H2,1-2H3/t9-/m0/s1. The molecule has 0 aromatic heterocycles. The Balaban J connectivity index is 2.46. The summed E-state index contributed by atoms with van der Waals surface area (Å²) in [6, 6.07) is 0.206. The average Bonchev–Trinajstić information content (AvgIpc) is 2.40. The smallest absolute Gasteiger partial charge is 0.146 e. The fourth-order valence-electron chi connectivity index (χ4n) is 1.86. The van der Waals surface area contributed by atoms with Gasteiger partial charge in [-0.3, -0.25) is 9.69 Å². The predicted octanol–water partition coefficient (Wildman–Crippen LogP) is 1.45. The quantitative estimate of drug-likeness (QED) is 0.615. The molecule has 2 heteroatoms. The van der Waals surface area contributed by atoms with Gasteiger partial charge in [0.2, 0.25) is 0 Å². The van der Waals surface area contributed by atoms with Crippen LogP contribution >= 0.6 is 0 Å². The minimum absolute atomic E-state index is 0.206. The lowest BCUT2D eigenvalue weighted by Gasteiger charge is -2.23. The highest BCUT2D eigenvalue weighted by Gasteiger charge is 2.23. The first-order valence-electron chi connectivity index (χ1n) is 4.50. The van der Waals surface area contributed by atoms with E-state index in [2.05, 4.69) is 11.8 Å². The Morgan fingerprint density at radius 1 is 1.45 bits per heavy atom. The number of ketones is 1. The van der Waals surface area contributed by atoms with E-state index < -0.39 is 0 Å². The van der Waals surface area contributed by atoms with E-state index >= 15 is 0 Å². The summed E-state index contributed by atoms with van der Waals surface area (Å²) in [6.07, 6.45) is 3.50. The summed E-state index contributed by atoms with van der Waals surface area (Å²) < 4.78 is 0. The number of carbonyl (C=O) groups excluding carboxylic acids is 1. The van der Waals surface area contributed by atoms with Crippen molar-refractivity contribution in [2.45, 2.75) is 39.2 Å². The fourth-order valence-corrected chi connectivity index (χ4v) is 1.86. The first-order chi connectivity index (χ1) is 5.25. The molecule has 0 bridgehead atoms. The lowest BCUT2D eigenvalue weighted by Crippen LogP contribution is -2.37. The normalized spacial score (nSPS) is 22.0. The van der Waals surface area contributed by atoms with E-state index in [4.69, 9.17) is 0 Å². The first-order valence-corrected chi connectivity index (χ1v) is 4.50. The van der Waals surface area contributed by atoms with Crippen LogP contribution in [0.15, 0.2) is 0 Å². The van der Waals surface area contributed by atoms with Crippen molar-refractivity contribution in [3.8, 4) is 0 Å². The summed E-state index contributed by atoms with van der Waals surface area (Å²) in [5, 5.41) is 0. The van der Waals surface area contributed by atoms with Gasteiger partial charge in [-0.05, 0) is 39.3 Å². The number of carbonyl (C=O) groups is 1. The second-order valence-corrected chi connectivity index (χ2v) is 3.28. The number of hydrogen-bond donors (Lipinski definition) is 0. The minimum atomic E-state index is 0.206. The van der Waals surface area contributed by atoms with Crippen LogP contribution in [0.3, 0.4) is 0 Å². The largest absolute Gasteiger partial charge is 0.298 e. The zero-order chi connectivity index (χ0) is 8.27. The van der Waals surface area contributed by atoms with Crippen molar-refractivity contribution < 1.29 is 4.79 Å². The van der Waals surface area contributed by atoms with E-state index in [1.54, 1.807) is 6.92 Å². The molecule has 0 radical (unpaired) electrons. The minimum Gasteiger partial charge on any atom is -0.298 e. The summed E-state index contributed by atoms with van der Waals surface area (Å²) in [7, 11) is 0. The molecular weight excluding hydrogens is 138 g/mol. The molecule has 1 aliphatic heterocycles. The summed E-state index contributed by atoms with van der Waals surface area (Å²) in [5.74, 6) is 0.328. The van der Waals surface area contributed by atoms with E-state index in [0.717, 1.165) is 19.5 Å². The summed E-state index contributed by atoms with van der Waals surface area (Å²) in [5.41, 5.74) is 0. The molecule has 1 rings (SSSR count). The van der Waals surface area contributed by atoms with Crippen LogP contribution in [0.2, 0.25) is 0 Å². The number of Topliss-reactive ketones (excluding diaryl/α,β-unsaturated/α-hetero) is 1. The highest BCUT2D eigenvalue weighted by molar-refractivity contribution is 5.81. The van der Waals surface area contributed by atoms with Crippen molar-refractivity contribution in [2.75, 3.05) is 13.1 Å². The van der Waals surface area contributed by atoms with Crippen LogP contribution in [0.25, 0.3) is 0 Å². The molecule has 0 N–H and O–H groups in total. The molecule has 64 valence electrons. The van der Waals surface area contributed by atoms with Gasteiger partial charge < -0.3 is 0 Å². The molecule has 1 saturated heterocycles. The maximum Gasteiger partial charge on any atom is 0.146 e. The van der Waals surface area contributed by atoms with Gasteiger partial charge in [-0.15, -0.1) is 0 Å². The molecule has 2 nitrogen and oxygen atoms in total. The molecule has 1 heterocycles. The van der Waals surface area contributed by atoms with Gasteiger partial charge in [0, 0.05) is 0 Å². The highest BCUT2D eigenvalue weighted by atomic mass is 16.1. The van der Waals surface area contributed by atoms with E-state index in [1.807, 2.05) is 0 Å². The Hall–Kier alpha value is -0.370. The summed E-state index contributed by atoms with van der Waals surface area (Å²) in [4.78, 5) is 13.4. The van der Waals surface area contributed by atoms with Gasteiger partial charge in [-0.2, -0.15) is 0 Å². The van der Waals surface area contributed by atoms with Gasteiger partial charge in [0.15, 0.2) is 0 Å². The lowest BCUT2D eigenvalue weighted by atomic mass is 10.1. The Labute approximate surface area is 68.6 Å². The Kier molecular flexibility index (Phi) is 3.06. The molecule has 0 aromatic rings. The predicted molar refractivity (Wildman–Crippen MR) is 45.6 cm³/mol. The van der Waals surface area contributed by atoms with Crippen molar-refractivity contribution in [3.63, 3.8) is 0 Å². The molecule has 1 atom stereocenters. The van der Waals surface area contributed by atoms with E-state index in [0.29, 0.717) is 5.78 Å². The molecule has 0 saturated carbocycles. The van der Waals surface area contributed by atoms with E-state index in [1.165, 1.54) is 12.8 Å². The highest BCUT2D eigenvalue weighted by Crippen LogP contribution is 2.14. The zero-order valence-corrected chi connectivity index (χ0v) is 7.47. The molecule has 0 spiro atoms. The van der Waals surface area contributed by atoms with Crippen LogP contribution in [0.4, 0.5) is 0 Å². The third kappa shape index (κ3) is 2.03. The Bertz CT molecular complexity index is 138. The Morgan fingerprint density at radius 2 is 2.00 bits per heavy atom. The zero-order valence-electron chi connectivity index (χ0n) is 7.47. The molecular formula is C9H17NO. The molecule has 1 aliphatic rings. The number of nitrogens with zero attached hydrogens (tertiary/aromatic N) is 1. The molecule has 0 aliphatic carbocycles. The third-order valence-electron chi connectivity index (χ3n) is 2.44. The second-order valence-electron chi connectivity index (χ2n) is 3.28. The van der Waals surface area contributed by atoms with Gasteiger partial charge in [0.05, 0.1) is 6.04 Å². The molecule has 0 amide bonds. The van der Waals surface area contributed by atoms with Gasteiger partial charge in [0.1, 0.15) is 5.78 Å². The third-order valence-corrected chi connectivity index (χ3v) is 2.44.